The second-order valence-corrected chi connectivity index (χ2v) is 5.96. The number of hydrogen-bond donors (Lipinski definition) is 0. The molecule has 2 unspecified atom stereocenters. The molecule has 0 radical (unpaired) electrons. The summed E-state index contributed by atoms with van der Waals surface area (Å²) < 4.78 is 10.4. The molecule has 1 heterocycles. The molecule has 4 nitrogen and oxygen atoms in total. The minimum absolute atomic E-state index is 0.0262. The highest BCUT2D eigenvalue weighted by atomic mass is 16.6. The van der Waals surface area contributed by atoms with Gasteiger partial charge in [0, 0.05) is 6.42 Å². The Hall–Kier alpha value is -1.32. The number of hydrogen-bond acceptors (Lipinski definition) is 4. The van der Waals surface area contributed by atoms with Crippen LogP contribution in [0.3, 0.4) is 0 Å². The van der Waals surface area contributed by atoms with Crippen molar-refractivity contribution >= 4 is 11.9 Å². The van der Waals surface area contributed by atoms with E-state index in [2.05, 4.69) is 26.0 Å². The second kappa shape index (κ2) is 11.3. The molecule has 126 valence electrons. The Kier molecular flexibility index (Phi) is 9.60. The molecule has 0 amide bonds. The SMILES string of the molecule is CCC/C=C/CCCC(CCC)C(=O)OCC1CCC(=O)O1. The van der Waals surface area contributed by atoms with E-state index in [4.69, 9.17) is 9.47 Å². The number of esters is 2. The van der Waals surface area contributed by atoms with E-state index in [1.807, 2.05) is 0 Å². The first-order valence-corrected chi connectivity index (χ1v) is 8.68. The Labute approximate surface area is 134 Å². The van der Waals surface area contributed by atoms with Crippen molar-refractivity contribution in [1.29, 1.82) is 0 Å². The van der Waals surface area contributed by atoms with E-state index in [-0.39, 0.29) is 30.6 Å². The first kappa shape index (κ1) is 18.7. The molecule has 1 aliphatic rings. The third-order valence-corrected chi connectivity index (χ3v) is 3.90. The van der Waals surface area contributed by atoms with Crippen LogP contribution in [0.1, 0.15) is 71.6 Å². The van der Waals surface area contributed by atoms with Crippen molar-refractivity contribution in [2.75, 3.05) is 6.61 Å². The molecule has 0 saturated carbocycles. The fourth-order valence-corrected chi connectivity index (χ4v) is 2.61. The summed E-state index contributed by atoms with van der Waals surface area (Å²) in [5, 5.41) is 0. The van der Waals surface area contributed by atoms with Crippen LogP contribution in [0.2, 0.25) is 0 Å². The van der Waals surface area contributed by atoms with Gasteiger partial charge in [-0.25, -0.2) is 0 Å². The van der Waals surface area contributed by atoms with E-state index in [0.717, 1.165) is 38.5 Å². The van der Waals surface area contributed by atoms with Gasteiger partial charge in [0.1, 0.15) is 12.7 Å². The number of ether oxygens (including phenoxy) is 2. The minimum atomic E-state index is -0.240. The van der Waals surface area contributed by atoms with Crippen LogP contribution in [0.25, 0.3) is 0 Å². The Balaban J connectivity index is 2.25. The second-order valence-electron chi connectivity index (χ2n) is 5.96. The molecular formula is C18H30O4. The molecule has 1 fully saturated rings. The lowest BCUT2D eigenvalue weighted by Gasteiger charge is -2.16. The zero-order valence-corrected chi connectivity index (χ0v) is 14.0. The van der Waals surface area contributed by atoms with Gasteiger partial charge in [0.25, 0.3) is 0 Å². The van der Waals surface area contributed by atoms with E-state index in [9.17, 15) is 9.59 Å². The van der Waals surface area contributed by atoms with Gasteiger partial charge in [-0.2, -0.15) is 0 Å². The molecule has 0 spiro atoms. The molecule has 0 aromatic heterocycles. The molecule has 1 rings (SSSR count). The summed E-state index contributed by atoms with van der Waals surface area (Å²) in [7, 11) is 0. The third kappa shape index (κ3) is 7.62. The number of rotatable bonds is 11. The van der Waals surface area contributed by atoms with E-state index in [1.54, 1.807) is 0 Å². The maximum absolute atomic E-state index is 12.2. The summed E-state index contributed by atoms with van der Waals surface area (Å²) in [4.78, 5) is 23.2. The number of unbranched alkanes of at least 4 members (excludes halogenated alkanes) is 2. The molecule has 0 aromatic carbocycles. The van der Waals surface area contributed by atoms with Crippen molar-refractivity contribution < 1.29 is 19.1 Å². The molecule has 0 N–H and O–H groups in total. The van der Waals surface area contributed by atoms with Crippen LogP contribution in [0.4, 0.5) is 0 Å². The van der Waals surface area contributed by atoms with Crippen molar-refractivity contribution in [2.24, 2.45) is 5.92 Å². The van der Waals surface area contributed by atoms with Gasteiger partial charge in [-0.05, 0) is 38.5 Å². The van der Waals surface area contributed by atoms with Gasteiger partial charge in [-0.3, -0.25) is 9.59 Å². The summed E-state index contributed by atoms with van der Waals surface area (Å²) >= 11 is 0. The fourth-order valence-electron chi connectivity index (χ4n) is 2.61. The van der Waals surface area contributed by atoms with Crippen LogP contribution in [0.5, 0.6) is 0 Å². The summed E-state index contributed by atoms with van der Waals surface area (Å²) in [5.41, 5.74) is 0. The number of carbonyl (C=O) groups excluding carboxylic acids is 2. The lowest BCUT2D eigenvalue weighted by atomic mass is 9.97. The predicted octanol–water partition coefficient (Wildman–Crippen LogP) is 4.18. The maximum atomic E-state index is 12.2. The zero-order valence-electron chi connectivity index (χ0n) is 14.0. The van der Waals surface area contributed by atoms with Gasteiger partial charge in [0.2, 0.25) is 0 Å². The molecule has 4 heteroatoms. The molecule has 1 saturated heterocycles. The topological polar surface area (TPSA) is 52.6 Å². The highest BCUT2D eigenvalue weighted by Crippen LogP contribution is 2.19. The number of carbonyl (C=O) groups is 2. The molecule has 0 aliphatic carbocycles. The molecule has 22 heavy (non-hydrogen) atoms. The van der Waals surface area contributed by atoms with Gasteiger partial charge < -0.3 is 9.47 Å². The third-order valence-electron chi connectivity index (χ3n) is 3.90. The largest absolute Gasteiger partial charge is 0.462 e. The van der Waals surface area contributed by atoms with Crippen LogP contribution in [0, 0.1) is 5.92 Å². The van der Waals surface area contributed by atoms with E-state index in [1.165, 1.54) is 6.42 Å². The molecular weight excluding hydrogens is 280 g/mol. The van der Waals surface area contributed by atoms with Crippen LogP contribution in [0.15, 0.2) is 12.2 Å². The van der Waals surface area contributed by atoms with Crippen LogP contribution in [-0.2, 0) is 19.1 Å². The quantitative estimate of drug-likeness (QED) is 0.326. The van der Waals surface area contributed by atoms with Crippen molar-refractivity contribution in [1.82, 2.24) is 0 Å². The van der Waals surface area contributed by atoms with Crippen LogP contribution < -0.4 is 0 Å². The van der Waals surface area contributed by atoms with E-state index in [0.29, 0.717) is 12.8 Å². The van der Waals surface area contributed by atoms with Crippen molar-refractivity contribution in [3.63, 3.8) is 0 Å². The Morgan fingerprint density at radius 2 is 2.05 bits per heavy atom. The number of allylic oxidation sites excluding steroid dienone is 2. The van der Waals surface area contributed by atoms with Crippen LogP contribution >= 0.6 is 0 Å². The molecule has 1 aliphatic heterocycles. The summed E-state index contributed by atoms with van der Waals surface area (Å²) in [6.45, 7) is 4.46. The summed E-state index contributed by atoms with van der Waals surface area (Å²) in [6, 6.07) is 0. The first-order chi connectivity index (χ1) is 10.7. The Bertz CT molecular complexity index is 362. The van der Waals surface area contributed by atoms with E-state index >= 15 is 0 Å². The Morgan fingerprint density at radius 3 is 2.68 bits per heavy atom. The monoisotopic (exact) mass is 310 g/mol. The van der Waals surface area contributed by atoms with Gasteiger partial charge >= 0.3 is 11.9 Å². The van der Waals surface area contributed by atoms with Gasteiger partial charge in [0.05, 0.1) is 5.92 Å². The molecule has 0 aromatic rings. The lowest BCUT2D eigenvalue weighted by molar-refractivity contribution is -0.156. The standard InChI is InChI=1S/C18H30O4/c1-3-5-6-7-8-9-11-15(10-4-2)18(20)21-14-16-12-13-17(19)22-16/h6-7,15-16H,3-5,8-14H2,1-2H3/b7-6+. The van der Waals surface area contributed by atoms with Gasteiger partial charge in [-0.1, -0.05) is 38.8 Å². The lowest BCUT2D eigenvalue weighted by Crippen LogP contribution is -2.23. The fraction of sp³-hybridized carbons (Fsp3) is 0.778. The van der Waals surface area contributed by atoms with Gasteiger partial charge in [0.15, 0.2) is 0 Å². The van der Waals surface area contributed by atoms with Crippen molar-refractivity contribution in [3.05, 3.63) is 12.2 Å². The molecule has 0 bridgehead atoms. The first-order valence-electron chi connectivity index (χ1n) is 8.68. The maximum Gasteiger partial charge on any atom is 0.309 e. The number of cyclic esters (lactones) is 1. The normalized spacial score (nSPS) is 19.4. The Morgan fingerprint density at radius 1 is 1.27 bits per heavy atom. The highest BCUT2D eigenvalue weighted by Gasteiger charge is 2.26. The highest BCUT2D eigenvalue weighted by molar-refractivity contribution is 5.73. The van der Waals surface area contributed by atoms with E-state index < -0.39 is 0 Å². The van der Waals surface area contributed by atoms with Gasteiger partial charge in [-0.15, -0.1) is 0 Å². The van der Waals surface area contributed by atoms with Crippen LogP contribution in [-0.4, -0.2) is 24.6 Å². The van der Waals surface area contributed by atoms with Crippen molar-refractivity contribution in [2.45, 2.75) is 77.7 Å². The summed E-state index contributed by atoms with van der Waals surface area (Å²) in [5.74, 6) is -0.353. The predicted molar refractivity (Wildman–Crippen MR) is 86.4 cm³/mol. The molecule has 2 atom stereocenters. The van der Waals surface area contributed by atoms with Crippen molar-refractivity contribution in [3.8, 4) is 0 Å². The average molecular weight is 310 g/mol. The zero-order chi connectivity index (χ0) is 16.2. The summed E-state index contributed by atoms with van der Waals surface area (Å²) in [6.07, 6.45) is 12.3. The average Bonchev–Trinajstić information content (AvgIpc) is 2.92. The minimum Gasteiger partial charge on any atom is -0.462 e. The smallest absolute Gasteiger partial charge is 0.309 e.